The molecule has 1 saturated heterocycles. The van der Waals surface area contributed by atoms with Crippen LogP contribution in [0.25, 0.3) is 0 Å². The van der Waals surface area contributed by atoms with Gasteiger partial charge in [0.25, 0.3) is 0 Å². The van der Waals surface area contributed by atoms with E-state index < -0.39 is 0 Å². The van der Waals surface area contributed by atoms with E-state index in [-0.39, 0.29) is 0 Å². The zero-order valence-corrected chi connectivity index (χ0v) is 12.9. The summed E-state index contributed by atoms with van der Waals surface area (Å²) in [7, 11) is 0. The van der Waals surface area contributed by atoms with E-state index in [2.05, 4.69) is 37.2 Å². The molecule has 0 amide bonds. The van der Waals surface area contributed by atoms with Crippen LogP contribution in [0, 0.1) is 5.92 Å². The lowest BCUT2D eigenvalue weighted by molar-refractivity contribution is 0.175. The van der Waals surface area contributed by atoms with Gasteiger partial charge in [0, 0.05) is 24.4 Å². The fourth-order valence-corrected chi connectivity index (χ4v) is 3.35. The van der Waals surface area contributed by atoms with E-state index in [1.807, 2.05) is 11.8 Å². The number of nitrogens with one attached hydrogen (secondary N) is 1. The van der Waals surface area contributed by atoms with Crippen LogP contribution in [0.4, 0.5) is 0 Å². The van der Waals surface area contributed by atoms with Crippen molar-refractivity contribution in [2.75, 3.05) is 31.6 Å². The Morgan fingerprint density at radius 2 is 1.94 bits per heavy atom. The Morgan fingerprint density at radius 3 is 2.41 bits per heavy atom. The lowest BCUT2D eigenvalue weighted by Gasteiger charge is -2.35. The van der Waals surface area contributed by atoms with Crippen LogP contribution in [0.1, 0.15) is 40.0 Å². The molecule has 102 valence electrons. The second-order valence-electron chi connectivity index (χ2n) is 5.70. The highest BCUT2D eigenvalue weighted by molar-refractivity contribution is 7.98. The van der Waals surface area contributed by atoms with E-state index in [1.165, 1.54) is 44.6 Å². The van der Waals surface area contributed by atoms with Crippen LogP contribution in [0.2, 0.25) is 0 Å². The second-order valence-corrected chi connectivity index (χ2v) is 6.61. The van der Waals surface area contributed by atoms with Crippen LogP contribution in [-0.4, -0.2) is 48.6 Å². The van der Waals surface area contributed by atoms with Crippen molar-refractivity contribution in [3.05, 3.63) is 0 Å². The summed E-state index contributed by atoms with van der Waals surface area (Å²) in [5, 5.41) is 3.83. The van der Waals surface area contributed by atoms with Gasteiger partial charge in [-0.1, -0.05) is 20.8 Å². The Bertz CT molecular complexity index is 189. The van der Waals surface area contributed by atoms with Gasteiger partial charge >= 0.3 is 0 Å². The van der Waals surface area contributed by atoms with Crippen LogP contribution in [0.5, 0.6) is 0 Å². The van der Waals surface area contributed by atoms with Crippen molar-refractivity contribution in [3.63, 3.8) is 0 Å². The average molecular weight is 258 g/mol. The van der Waals surface area contributed by atoms with Gasteiger partial charge in [0.05, 0.1) is 0 Å². The Balaban J connectivity index is 2.22. The molecule has 1 N–H and O–H groups in total. The molecule has 17 heavy (non-hydrogen) atoms. The third-order valence-corrected chi connectivity index (χ3v) is 4.28. The molecular formula is C14H30N2S. The van der Waals surface area contributed by atoms with Crippen LogP contribution < -0.4 is 5.32 Å². The number of likely N-dealkylation sites (tertiary alicyclic amines) is 1. The highest BCUT2D eigenvalue weighted by Crippen LogP contribution is 2.14. The molecular weight excluding hydrogens is 228 g/mol. The van der Waals surface area contributed by atoms with Crippen LogP contribution >= 0.6 is 11.8 Å². The van der Waals surface area contributed by atoms with E-state index in [0.29, 0.717) is 6.04 Å². The van der Waals surface area contributed by atoms with Crippen molar-refractivity contribution in [1.29, 1.82) is 0 Å². The predicted molar refractivity (Wildman–Crippen MR) is 79.9 cm³/mol. The quantitative estimate of drug-likeness (QED) is 0.756. The van der Waals surface area contributed by atoms with Gasteiger partial charge in [-0.2, -0.15) is 11.8 Å². The van der Waals surface area contributed by atoms with Gasteiger partial charge < -0.3 is 10.2 Å². The molecule has 0 bridgehead atoms. The molecule has 0 aromatic heterocycles. The van der Waals surface area contributed by atoms with Crippen molar-refractivity contribution < 1.29 is 0 Å². The third kappa shape index (κ3) is 6.12. The van der Waals surface area contributed by atoms with E-state index in [4.69, 9.17) is 0 Å². The number of piperidine rings is 1. The molecule has 1 fully saturated rings. The molecule has 1 unspecified atom stereocenters. The van der Waals surface area contributed by atoms with Gasteiger partial charge in [-0.3, -0.25) is 0 Å². The summed E-state index contributed by atoms with van der Waals surface area (Å²) in [6, 6.07) is 1.47. The van der Waals surface area contributed by atoms with Gasteiger partial charge in [0.1, 0.15) is 0 Å². The lowest BCUT2D eigenvalue weighted by Crippen LogP contribution is -2.47. The van der Waals surface area contributed by atoms with E-state index in [1.54, 1.807) is 0 Å². The normalized spacial score (nSPS) is 21.0. The maximum absolute atomic E-state index is 3.83. The Kier molecular flexibility index (Phi) is 7.56. The van der Waals surface area contributed by atoms with Gasteiger partial charge in [-0.05, 0) is 44.5 Å². The van der Waals surface area contributed by atoms with Gasteiger partial charge in [0.2, 0.25) is 0 Å². The molecule has 0 saturated carbocycles. The Labute approximate surface area is 112 Å². The first-order valence-electron chi connectivity index (χ1n) is 7.13. The first-order chi connectivity index (χ1) is 8.15. The third-order valence-electron chi connectivity index (χ3n) is 3.54. The maximum atomic E-state index is 3.83. The van der Waals surface area contributed by atoms with Crippen LogP contribution in [0.3, 0.4) is 0 Å². The predicted octanol–water partition coefficient (Wildman–Crippen LogP) is 2.84. The average Bonchev–Trinajstić information content (AvgIpc) is 2.30. The topological polar surface area (TPSA) is 15.3 Å². The second kappa shape index (κ2) is 8.39. The minimum atomic E-state index is 0.714. The zero-order valence-electron chi connectivity index (χ0n) is 12.0. The van der Waals surface area contributed by atoms with E-state index >= 15 is 0 Å². The first-order valence-corrected chi connectivity index (χ1v) is 8.52. The molecule has 0 spiro atoms. The smallest absolute Gasteiger partial charge is 0.0158 e. The number of thioether (sulfide) groups is 1. The molecule has 0 aromatic rings. The van der Waals surface area contributed by atoms with Crippen molar-refractivity contribution in [1.82, 2.24) is 10.2 Å². The number of hydrogen-bond acceptors (Lipinski definition) is 3. The lowest BCUT2D eigenvalue weighted by atomic mass is 10.0. The molecule has 0 aromatic carbocycles. The minimum Gasteiger partial charge on any atom is -0.310 e. The van der Waals surface area contributed by atoms with Crippen molar-refractivity contribution >= 4 is 11.8 Å². The summed E-state index contributed by atoms with van der Waals surface area (Å²) in [4.78, 5) is 2.62. The Hall–Kier alpha value is 0.270. The van der Waals surface area contributed by atoms with E-state index in [0.717, 1.165) is 12.0 Å². The molecule has 1 rings (SSSR count). The molecule has 0 radical (unpaired) electrons. The SMILES string of the molecule is CCC(CSC)NC1CCN(CC(C)C)CC1. The minimum absolute atomic E-state index is 0.714. The first kappa shape index (κ1) is 15.3. The summed E-state index contributed by atoms with van der Waals surface area (Å²) in [5.74, 6) is 2.06. The molecule has 1 aliphatic rings. The number of hydrogen-bond donors (Lipinski definition) is 1. The van der Waals surface area contributed by atoms with Crippen LogP contribution in [0.15, 0.2) is 0 Å². The zero-order chi connectivity index (χ0) is 12.7. The Morgan fingerprint density at radius 1 is 1.29 bits per heavy atom. The number of rotatable bonds is 7. The molecule has 1 heterocycles. The molecule has 1 atom stereocenters. The molecule has 0 aliphatic carbocycles. The molecule has 3 heteroatoms. The summed E-state index contributed by atoms with van der Waals surface area (Å²) in [6.45, 7) is 10.8. The summed E-state index contributed by atoms with van der Waals surface area (Å²) in [6.07, 6.45) is 6.12. The maximum Gasteiger partial charge on any atom is 0.0158 e. The van der Waals surface area contributed by atoms with Gasteiger partial charge in [-0.15, -0.1) is 0 Å². The number of nitrogens with zero attached hydrogens (tertiary/aromatic N) is 1. The highest BCUT2D eigenvalue weighted by atomic mass is 32.2. The summed E-state index contributed by atoms with van der Waals surface area (Å²) >= 11 is 1.96. The molecule has 2 nitrogen and oxygen atoms in total. The van der Waals surface area contributed by atoms with Gasteiger partial charge in [0.15, 0.2) is 0 Å². The standard InChI is InChI=1S/C14H30N2S/c1-5-13(11-17-4)15-14-6-8-16(9-7-14)10-12(2)3/h12-15H,5-11H2,1-4H3. The fraction of sp³-hybridized carbons (Fsp3) is 1.00. The monoisotopic (exact) mass is 258 g/mol. The van der Waals surface area contributed by atoms with Crippen molar-refractivity contribution in [3.8, 4) is 0 Å². The fourth-order valence-electron chi connectivity index (χ4n) is 2.62. The van der Waals surface area contributed by atoms with Crippen molar-refractivity contribution in [2.45, 2.75) is 52.1 Å². The summed E-state index contributed by atoms with van der Waals surface area (Å²) < 4.78 is 0. The molecule has 1 aliphatic heterocycles. The van der Waals surface area contributed by atoms with Crippen LogP contribution in [-0.2, 0) is 0 Å². The van der Waals surface area contributed by atoms with Crippen molar-refractivity contribution in [2.24, 2.45) is 5.92 Å². The van der Waals surface area contributed by atoms with E-state index in [9.17, 15) is 0 Å². The summed E-state index contributed by atoms with van der Waals surface area (Å²) in [5.41, 5.74) is 0. The highest BCUT2D eigenvalue weighted by Gasteiger charge is 2.21. The largest absolute Gasteiger partial charge is 0.310 e. The van der Waals surface area contributed by atoms with Gasteiger partial charge in [-0.25, -0.2) is 0 Å².